The molecule has 1 heterocycles. The Morgan fingerprint density at radius 2 is 1.97 bits per heavy atom. The monoisotopic (exact) mass is 510 g/mol. The fourth-order valence-corrected chi connectivity index (χ4v) is 4.24. The molecule has 0 radical (unpaired) electrons. The van der Waals surface area contributed by atoms with E-state index in [1.807, 2.05) is 39.0 Å². The van der Waals surface area contributed by atoms with Crippen LogP contribution in [0.15, 0.2) is 36.5 Å². The van der Waals surface area contributed by atoms with Crippen LogP contribution in [0, 0.1) is 0 Å². The molecule has 0 atom stereocenters. The molecule has 0 saturated heterocycles. The number of nitrogens with zero attached hydrogens (tertiary/aromatic N) is 2. The topological polar surface area (TPSA) is 147 Å². The lowest BCUT2D eigenvalue weighted by Gasteiger charge is -2.23. The zero-order valence-electron chi connectivity index (χ0n) is 21.6. The Bertz CT molecular complexity index is 1280. The van der Waals surface area contributed by atoms with E-state index >= 15 is 0 Å². The van der Waals surface area contributed by atoms with Crippen LogP contribution in [-0.2, 0) is 13.0 Å². The van der Waals surface area contributed by atoms with Crippen LogP contribution in [0.1, 0.15) is 48.7 Å². The van der Waals surface area contributed by atoms with E-state index in [2.05, 4.69) is 10.3 Å². The summed E-state index contributed by atoms with van der Waals surface area (Å²) in [4.78, 5) is 29.4. The molecule has 0 bridgehead atoms. The highest BCUT2D eigenvalue weighted by Gasteiger charge is 2.19. The number of carboxylic acid groups (broad SMARTS) is 1. The molecule has 3 aromatic rings. The number of rotatable bonds is 12. The number of anilines is 2. The number of amides is 2. The summed E-state index contributed by atoms with van der Waals surface area (Å²) in [5, 5.41) is 23.0. The van der Waals surface area contributed by atoms with Gasteiger partial charge in [-0.15, -0.1) is 0 Å². The second kappa shape index (κ2) is 12.3. The molecule has 0 aliphatic rings. The zero-order valence-corrected chi connectivity index (χ0v) is 21.6. The van der Waals surface area contributed by atoms with Gasteiger partial charge in [-0.3, -0.25) is 9.78 Å². The molecular weight excluding hydrogens is 476 g/mol. The first-order chi connectivity index (χ1) is 17.7. The van der Waals surface area contributed by atoms with Crippen LogP contribution in [0.4, 0.5) is 16.2 Å². The van der Waals surface area contributed by atoms with E-state index in [-0.39, 0.29) is 24.8 Å². The average Bonchev–Trinajstić information content (AvgIpc) is 2.87. The second-order valence-electron chi connectivity index (χ2n) is 8.78. The van der Waals surface area contributed by atoms with Crippen molar-refractivity contribution in [1.82, 2.24) is 9.88 Å². The van der Waals surface area contributed by atoms with Gasteiger partial charge in [-0.2, -0.15) is 0 Å². The predicted molar refractivity (Wildman–Crippen MR) is 142 cm³/mol. The quantitative estimate of drug-likeness (QED) is 0.264. The molecule has 2 aromatic carbocycles. The Morgan fingerprint density at radius 3 is 2.57 bits per heavy atom. The molecule has 5 N–H and O–H groups in total. The van der Waals surface area contributed by atoms with Crippen molar-refractivity contribution < 1.29 is 29.3 Å². The second-order valence-corrected chi connectivity index (χ2v) is 8.78. The molecule has 0 fully saturated rings. The molecular formula is C27H34N4O6. The molecule has 1 aromatic heterocycles. The summed E-state index contributed by atoms with van der Waals surface area (Å²) in [5.74, 6) is 0.238. The SMILES string of the molecule is CCc1c(CO)cccc1Nc1c(C(N)=O)cnc2cc(OCCCN(C(=O)O)C(C)C)c(OC)cc12. The van der Waals surface area contributed by atoms with Crippen molar-refractivity contribution in [3.8, 4) is 11.5 Å². The van der Waals surface area contributed by atoms with Crippen LogP contribution in [0.25, 0.3) is 10.9 Å². The normalized spacial score (nSPS) is 11.0. The van der Waals surface area contributed by atoms with Crippen molar-refractivity contribution in [3.05, 3.63) is 53.2 Å². The Labute approximate surface area is 216 Å². The van der Waals surface area contributed by atoms with Crippen molar-refractivity contribution in [2.24, 2.45) is 5.73 Å². The Balaban J connectivity index is 1.97. The number of fused-ring (bicyclic) bond motifs is 1. The molecule has 0 aliphatic heterocycles. The van der Waals surface area contributed by atoms with Gasteiger partial charge in [0.15, 0.2) is 11.5 Å². The number of benzene rings is 2. The summed E-state index contributed by atoms with van der Waals surface area (Å²) in [6.07, 6.45) is 1.61. The van der Waals surface area contributed by atoms with Gasteiger partial charge in [-0.25, -0.2) is 4.79 Å². The van der Waals surface area contributed by atoms with Gasteiger partial charge in [-0.05, 0) is 49.9 Å². The van der Waals surface area contributed by atoms with Gasteiger partial charge >= 0.3 is 6.09 Å². The lowest BCUT2D eigenvalue weighted by Crippen LogP contribution is -2.37. The number of aromatic nitrogens is 1. The maximum atomic E-state index is 12.3. The molecule has 0 unspecified atom stereocenters. The number of nitrogens with one attached hydrogen (secondary N) is 1. The van der Waals surface area contributed by atoms with Gasteiger partial charge in [-0.1, -0.05) is 19.1 Å². The van der Waals surface area contributed by atoms with Crippen LogP contribution >= 0.6 is 0 Å². The smallest absolute Gasteiger partial charge is 0.407 e. The van der Waals surface area contributed by atoms with Gasteiger partial charge in [0.25, 0.3) is 5.91 Å². The molecule has 0 spiro atoms. The summed E-state index contributed by atoms with van der Waals surface area (Å²) in [7, 11) is 1.51. The summed E-state index contributed by atoms with van der Waals surface area (Å²) in [6.45, 7) is 6.14. The number of carbonyl (C=O) groups is 2. The Morgan fingerprint density at radius 1 is 1.22 bits per heavy atom. The van der Waals surface area contributed by atoms with E-state index < -0.39 is 12.0 Å². The number of pyridine rings is 1. The molecule has 10 heteroatoms. The lowest BCUT2D eigenvalue weighted by molar-refractivity contribution is 0.100. The molecule has 0 aliphatic carbocycles. The van der Waals surface area contributed by atoms with E-state index in [9.17, 15) is 19.8 Å². The number of hydrogen-bond donors (Lipinski definition) is 4. The van der Waals surface area contributed by atoms with Crippen molar-refractivity contribution in [1.29, 1.82) is 0 Å². The van der Waals surface area contributed by atoms with Crippen LogP contribution in [0.3, 0.4) is 0 Å². The van der Waals surface area contributed by atoms with E-state index in [0.29, 0.717) is 47.5 Å². The third kappa shape index (κ3) is 6.21. The first-order valence-corrected chi connectivity index (χ1v) is 12.1. The third-order valence-electron chi connectivity index (χ3n) is 6.15. The first-order valence-electron chi connectivity index (χ1n) is 12.1. The fraction of sp³-hybridized carbons (Fsp3) is 0.370. The zero-order chi connectivity index (χ0) is 27.1. The van der Waals surface area contributed by atoms with Gasteiger partial charge in [0.1, 0.15) is 0 Å². The van der Waals surface area contributed by atoms with E-state index in [4.69, 9.17) is 15.2 Å². The number of carbonyl (C=O) groups excluding carboxylic acids is 1. The highest BCUT2D eigenvalue weighted by molar-refractivity contribution is 6.08. The minimum absolute atomic E-state index is 0.103. The molecule has 10 nitrogen and oxygen atoms in total. The van der Waals surface area contributed by atoms with Crippen molar-refractivity contribution in [3.63, 3.8) is 0 Å². The van der Waals surface area contributed by atoms with Crippen LogP contribution in [0.2, 0.25) is 0 Å². The van der Waals surface area contributed by atoms with Gasteiger partial charge in [0.05, 0.1) is 37.1 Å². The predicted octanol–water partition coefficient (Wildman–Crippen LogP) is 4.30. The van der Waals surface area contributed by atoms with E-state index in [1.54, 1.807) is 12.1 Å². The lowest BCUT2D eigenvalue weighted by atomic mass is 10.0. The summed E-state index contributed by atoms with van der Waals surface area (Å²) < 4.78 is 11.5. The average molecular weight is 511 g/mol. The maximum absolute atomic E-state index is 12.3. The highest BCUT2D eigenvalue weighted by Crippen LogP contribution is 2.38. The molecule has 37 heavy (non-hydrogen) atoms. The van der Waals surface area contributed by atoms with Gasteiger partial charge in [0.2, 0.25) is 0 Å². The molecule has 3 rings (SSSR count). The Hall–Kier alpha value is -4.05. The molecule has 198 valence electrons. The van der Waals surface area contributed by atoms with Crippen molar-refractivity contribution >= 4 is 34.3 Å². The van der Waals surface area contributed by atoms with Gasteiger partial charge < -0.3 is 35.6 Å². The number of hydrogen-bond acceptors (Lipinski definition) is 7. The van der Waals surface area contributed by atoms with E-state index in [0.717, 1.165) is 16.8 Å². The molecule has 0 saturated carbocycles. The standard InChI is InChI=1S/C27H34N4O6/c1-5-18-17(15-32)8-6-9-21(18)30-25-19-12-23(36-4)24(13-22(19)29-14-20(25)26(28)33)37-11-7-10-31(16(2)3)27(34)35/h6,8-9,12-14,16,32H,5,7,10-11,15H2,1-4H3,(H2,28,33)(H,29,30)(H,34,35). The van der Waals surface area contributed by atoms with Crippen molar-refractivity contribution in [2.75, 3.05) is 25.6 Å². The number of primary amides is 1. The number of nitrogens with two attached hydrogens (primary N) is 1. The number of aliphatic hydroxyl groups is 1. The summed E-state index contributed by atoms with van der Waals surface area (Å²) >= 11 is 0. The van der Waals surface area contributed by atoms with Gasteiger partial charge in [0, 0.05) is 35.9 Å². The number of ether oxygens (including phenoxy) is 2. The van der Waals surface area contributed by atoms with Crippen LogP contribution in [-0.4, -0.2) is 58.4 Å². The fourth-order valence-electron chi connectivity index (χ4n) is 4.24. The first kappa shape index (κ1) is 27.5. The van der Waals surface area contributed by atoms with Crippen LogP contribution < -0.4 is 20.5 Å². The number of methoxy groups -OCH3 is 1. The third-order valence-corrected chi connectivity index (χ3v) is 6.15. The largest absolute Gasteiger partial charge is 0.493 e. The molecule has 2 amide bonds. The highest BCUT2D eigenvalue weighted by atomic mass is 16.5. The van der Waals surface area contributed by atoms with Crippen LogP contribution in [0.5, 0.6) is 11.5 Å². The maximum Gasteiger partial charge on any atom is 0.407 e. The summed E-state index contributed by atoms with van der Waals surface area (Å²) in [5.41, 5.74) is 9.37. The Kier molecular flexibility index (Phi) is 9.13. The summed E-state index contributed by atoms with van der Waals surface area (Å²) in [6, 6.07) is 8.87. The van der Waals surface area contributed by atoms with E-state index in [1.165, 1.54) is 18.2 Å². The minimum Gasteiger partial charge on any atom is -0.493 e. The van der Waals surface area contributed by atoms with Crippen molar-refractivity contribution in [2.45, 2.75) is 46.3 Å². The minimum atomic E-state index is -0.969. The number of aliphatic hydroxyl groups excluding tert-OH is 1.